The molecule has 7 nitrogen and oxygen atoms in total. The van der Waals surface area contributed by atoms with Crippen molar-refractivity contribution < 1.29 is 23.9 Å². The maximum atomic E-state index is 13.9. The second kappa shape index (κ2) is 10.3. The average molecular weight is 485 g/mol. The molecule has 3 aliphatic rings. The Bertz CT molecular complexity index is 1210. The fourth-order valence-corrected chi connectivity index (χ4v) is 4.90. The first-order valence-corrected chi connectivity index (χ1v) is 12.1. The third-order valence-corrected chi connectivity index (χ3v) is 6.83. The predicted molar refractivity (Wildman–Crippen MR) is 135 cm³/mol. The van der Waals surface area contributed by atoms with Crippen molar-refractivity contribution in [1.82, 2.24) is 9.80 Å². The van der Waals surface area contributed by atoms with E-state index in [-0.39, 0.29) is 12.5 Å². The standard InChI is InChI=1S/C29H28N2O5/c32-26(31-25(21-36-28(31)34)23-10-5-2-6-11-23)13-15-29(27(33)30-16-18-35-19-17-30)14-7-12-24(20-29)22-8-3-1-4-9-22/h1-15,25H,16-21H2/b15-13+. The maximum absolute atomic E-state index is 13.9. The minimum absolute atomic E-state index is 0.0868. The molecule has 2 heterocycles. The highest BCUT2D eigenvalue weighted by atomic mass is 16.6. The second-order valence-electron chi connectivity index (χ2n) is 9.08. The molecule has 0 bridgehead atoms. The van der Waals surface area contributed by atoms with Gasteiger partial charge in [-0.15, -0.1) is 0 Å². The van der Waals surface area contributed by atoms with E-state index in [1.165, 1.54) is 6.08 Å². The van der Waals surface area contributed by atoms with Crippen LogP contribution in [0.1, 0.15) is 23.6 Å². The van der Waals surface area contributed by atoms with E-state index < -0.39 is 23.5 Å². The lowest BCUT2D eigenvalue weighted by molar-refractivity contribution is -0.141. The van der Waals surface area contributed by atoms with Gasteiger partial charge in [-0.05, 0) is 23.1 Å². The van der Waals surface area contributed by atoms with Gasteiger partial charge in [0.25, 0.3) is 5.91 Å². The molecule has 2 aromatic carbocycles. The Kier molecular flexibility index (Phi) is 6.82. The molecule has 184 valence electrons. The van der Waals surface area contributed by atoms with Crippen LogP contribution in [0.3, 0.4) is 0 Å². The van der Waals surface area contributed by atoms with Gasteiger partial charge >= 0.3 is 6.09 Å². The molecule has 0 spiro atoms. The molecular formula is C29H28N2O5. The van der Waals surface area contributed by atoms with Gasteiger partial charge in [0.1, 0.15) is 12.6 Å². The summed E-state index contributed by atoms with van der Waals surface area (Å²) in [4.78, 5) is 42.6. The van der Waals surface area contributed by atoms with Gasteiger partial charge in [0, 0.05) is 19.2 Å². The third-order valence-electron chi connectivity index (χ3n) is 6.83. The van der Waals surface area contributed by atoms with E-state index in [2.05, 4.69) is 0 Å². The number of allylic oxidation sites excluding steroid dienone is 3. The number of carbonyl (C=O) groups excluding carboxylic acids is 3. The van der Waals surface area contributed by atoms with Gasteiger partial charge in [0.15, 0.2) is 0 Å². The molecule has 0 N–H and O–H groups in total. The number of cyclic esters (lactones) is 1. The monoisotopic (exact) mass is 484 g/mol. The summed E-state index contributed by atoms with van der Waals surface area (Å²) in [5.41, 5.74) is 1.78. The van der Waals surface area contributed by atoms with Crippen molar-refractivity contribution in [2.45, 2.75) is 12.5 Å². The van der Waals surface area contributed by atoms with Gasteiger partial charge < -0.3 is 14.4 Å². The van der Waals surface area contributed by atoms with Crippen LogP contribution >= 0.6 is 0 Å². The number of morpholine rings is 1. The molecule has 36 heavy (non-hydrogen) atoms. The summed E-state index contributed by atoms with van der Waals surface area (Å²) in [5, 5.41) is 0. The minimum Gasteiger partial charge on any atom is -0.446 e. The van der Waals surface area contributed by atoms with Crippen molar-refractivity contribution in [3.63, 3.8) is 0 Å². The normalized spacial score (nSPS) is 24.1. The number of ether oxygens (including phenoxy) is 2. The summed E-state index contributed by atoms with van der Waals surface area (Å²) in [6.07, 6.45) is 8.43. The van der Waals surface area contributed by atoms with Gasteiger partial charge in [-0.3, -0.25) is 9.59 Å². The Hall–Kier alpha value is -3.97. The first-order chi connectivity index (χ1) is 17.6. The van der Waals surface area contributed by atoms with E-state index in [0.717, 1.165) is 21.6 Å². The number of benzene rings is 2. The minimum atomic E-state index is -1.06. The first kappa shape index (κ1) is 23.8. The lowest BCUT2D eigenvalue weighted by atomic mass is 9.75. The largest absolute Gasteiger partial charge is 0.446 e. The van der Waals surface area contributed by atoms with Gasteiger partial charge in [-0.2, -0.15) is 0 Å². The SMILES string of the molecule is O=C(/C=C/C1(C(=O)N2CCOCC2)C=CC=C(c2ccccc2)C1)N1C(=O)OCC1c1ccccc1. The summed E-state index contributed by atoms with van der Waals surface area (Å²) in [6.45, 7) is 2.05. The predicted octanol–water partition coefficient (Wildman–Crippen LogP) is 4.15. The Morgan fingerprint density at radius 2 is 1.67 bits per heavy atom. The molecular weight excluding hydrogens is 456 g/mol. The summed E-state index contributed by atoms with van der Waals surface area (Å²) in [7, 11) is 0. The number of nitrogens with zero attached hydrogens (tertiary/aromatic N) is 2. The zero-order valence-corrected chi connectivity index (χ0v) is 19.9. The average Bonchev–Trinajstić information content (AvgIpc) is 3.34. The molecule has 0 aromatic heterocycles. The molecule has 2 aromatic rings. The molecule has 2 unspecified atom stereocenters. The van der Waals surface area contributed by atoms with Gasteiger partial charge in [0.2, 0.25) is 5.91 Å². The fraction of sp³-hybridized carbons (Fsp3) is 0.276. The highest BCUT2D eigenvalue weighted by Gasteiger charge is 2.41. The molecule has 2 atom stereocenters. The Morgan fingerprint density at radius 1 is 0.972 bits per heavy atom. The van der Waals surface area contributed by atoms with Gasteiger partial charge in [0.05, 0.1) is 18.6 Å². The molecule has 2 aliphatic heterocycles. The molecule has 5 rings (SSSR count). The van der Waals surface area contributed by atoms with Crippen molar-refractivity contribution in [2.75, 3.05) is 32.9 Å². The van der Waals surface area contributed by atoms with Crippen LogP contribution in [0.15, 0.2) is 91.0 Å². The molecule has 3 amide bonds. The Labute approximate surface area is 210 Å². The van der Waals surface area contributed by atoms with E-state index >= 15 is 0 Å². The Morgan fingerprint density at radius 3 is 2.39 bits per heavy atom. The molecule has 2 fully saturated rings. The van der Waals surface area contributed by atoms with Gasteiger partial charge in [-0.25, -0.2) is 9.69 Å². The summed E-state index contributed by atoms with van der Waals surface area (Å²) < 4.78 is 10.6. The highest BCUT2D eigenvalue weighted by Crippen LogP contribution is 2.40. The lowest BCUT2D eigenvalue weighted by Gasteiger charge is -2.37. The van der Waals surface area contributed by atoms with Crippen molar-refractivity contribution in [1.29, 1.82) is 0 Å². The number of amides is 3. The zero-order valence-electron chi connectivity index (χ0n) is 19.9. The molecule has 0 radical (unpaired) electrons. The molecule has 7 heteroatoms. The van der Waals surface area contributed by atoms with E-state index in [1.54, 1.807) is 11.0 Å². The van der Waals surface area contributed by atoms with Crippen LogP contribution in [0.25, 0.3) is 5.57 Å². The van der Waals surface area contributed by atoms with E-state index in [0.29, 0.717) is 32.7 Å². The van der Waals surface area contributed by atoms with Gasteiger partial charge in [-0.1, -0.05) is 85.0 Å². The number of carbonyl (C=O) groups is 3. The maximum Gasteiger partial charge on any atom is 0.417 e. The van der Waals surface area contributed by atoms with Crippen molar-refractivity contribution in [3.8, 4) is 0 Å². The van der Waals surface area contributed by atoms with Crippen LogP contribution in [0.5, 0.6) is 0 Å². The van der Waals surface area contributed by atoms with Crippen molar-refractivity contribution >= 4 is 23.5 Å². The Balaban J connectivity index is 1.45. The van der Waals surface area contributed by atoms with Crippen LogP contribution in [0, 0.1) is 5.41 Å². The molecule has 1 aliphatic carbocycles. The van der Waals surface area contributed by atoms with Crippen LogP contribution in [0.4, 0.5) is 4.79 Å². The van der Waals surface area contributed by atoms with Crippen molar-refractivity contribution in [2.24, 2.45) is 5.41 Å². The molecule has 0 saturated carbocycles. The summed E-state index contributed by atoms with van der Waals surface area (Å²) in [5.74, 6) is -0.596. The number of hydrogen-bond acceptors (Lipinski definition) is 5. The number of hydrogen-bond donors (Lipinski definition) is 0. The van der Waals surface area contributed by atoms with E-state index in [1.807, 2.05) is 78.9 Å². The van der Waals surface area contributed by atoms with E-state index in [4.69, 9.17) is 9.47 Å². The fourth-order valence-electron chi connectivity index (χ4n) is 4.90. The topological polar surface area (TPSA) is 76.2 Å². The van der Waals surface area contributed by atoms with Crippen LogP contribution in [-0.2, 0) is 19.1 Å². The number of imide groups is 1. The van der Waals surface area contributed by atoms with Crippen LogP contribution < -0.4 is 0 Å². The van der Waals surface area contributed by atoms with E-state index in [9.17, 15) is 14.4 Å². The quantitative estimate of drug-likeness (QED) is 0.596. The first-order valence-electron chi connectivity index (χ1n) is 12.1. The lowest BCUT2D eigenvalue weighted by Crippen LogP contribution is -2.48. The number of rotatable bonds is 5. The van der Waals surface area contributed by atoms with Crippen LogP contribution in [-0.4, -0.2) is 60.6 Å². The zero-order chi connectivity index (χ0) is 25.0. The smallest absolute Gasteiger partial charge is 0.417 e. The summed E-state index contributed by atoms with van der Waals surface area (Å²) >= 11 is 0. The summed E-state index contributed by atoms with van der Waals surface area (Å²) in [6, 6.07) is 18.7. The third kappa shape index (κ3) is 4.75. The van der Waals surface area contributed by atoms with Crippen molar-refractivity contribution in [3.05, 3.63) is 102 Å². The highest BCUT2D eigenvalue weighted by molar-refractivity contribution is 6.01. The molecule has 2 saturated heterocycles. The second-order valence-corrected chi connectivity index (χ2v) is 9.08. The van der Waals surface area contributed by atoms with Crippen LogP contribution in [0.2, 0.25) is 0 Å².